The highest BCUT2D eigenvalue weighted by Crippen LogP contribution is 2.06. The maximum atomic E-state index is 12.5. The van der Waals surface area contributed by atoms with Gasteiger partial charge in [0.25, 0.3) is 0 Å². The van der Waals surface area contributed by atoms with E-state index in [1.54, 1.807) is 13.8 Å². The van der Waals surface area contributed by atoms with Gasteiger partial charge in [0.05, 0.1) is 19.4 Å². The van der Waals surface area contributed by atoms with Crippen LogP contribution in [0.2, 0.25) is 0 Å². The van der Waals surface area contributed by atoms with Gasteiger partial charge in [-0.05, 0) is 12.3 Å². The summed E-state index contributed by atoms with van der Waals surface area (Å²) in [6, 6.07) is -6.06. The Balaban J connectivity index is 5.51. The monoisotopic (exact) mass is 447 g/mol. The first kappa shape index (κ1) is 27.7. The first-order chi connectivity index (χ1) is 14.3. The molecule has 4 unspecified atom stereocenters. The van der Waals surface area contributed by atoms with E-state index in [2.05, 4.69) is 16.0 Å². The van der Waals surface area contributed by atoms with Crippen molar-refractivity contribution < 1.29 is 44.1 Å². The smallest absolute Gasteiger partial charge is 0.326 e. The molecule has 4 amide bonds. The number of carboxylic acid groups (broad SMARTS) is 2. The van der Waals surface area contributed by atoms with Crippen molar-refractivity contribution in [1.29, 1.82) is 0 Å². The number of primary amides is 1. The summed E-state index contributed by atoms with van der Waals surface area (Å²) in [5.74, 6) is -7.14. The van der Waals surface area contributed by atoms with Crippen LogP contribution in [0.25, 0.3) is 0 Å². The van der Waals surface area contributed by atoms with E-state index in [1.807, 2.05) is 0 Å². The van der Waals surface area contributed by atoms with Crippen molar-refractivity contribution in [2.24, 2.45) is 17.4 Å². The summed E-state index contributed by atoms with van der Waals surface area (Å²) < 4.78 is 0. The van der Waals surface area contributed by atoms with E-state index in [-0.39, 0.29) is 12.3 Å². The molecule has 0 saturated carbocycles. The van der Waals surface area contributed by atoms with Crippen molar-refractivity contribution in [3.8, 4) is 0 Å². The van der Waals surface area contributed by atoms with Crippen LogP contribution in [-0.2, 0) is 28.8 Å². The van der Waals surface area contributed by atoms with Crippen molar-refractivity contribution >= 4 is 35.6 Å². The summed E-state index contributed by atoms with van der Waals surface area (Å²) in [4.78, 5) is 70.4. The van der Waals surface area contributed by atoms with Crippen molar-refractivity contribution in [3.63, 3.8) is 0 Å². The largest absolute Gasteiger partial charge is 0.481 e. The van der Waals surface area contributed by atoms with E-state index in [1.165, 1.54) is 0 Å². The van der Waals surface area contributed by atoms with E-state index in [0.29, 0.717) is 0 Å². The molecule has 14 heteroatoms. The molecule has 10 N–H and O–H groups in total. The quantitative estimate of drug-likeness (QED) is 0.129. The lowest BCUT2D eigenvalue weighted by Gasteiger charge is -2.24. The van der Waals surface area contributed by atoms with Crippen molar-refractivity contribution in [1.82, 2.24) is 16.0 Å². The molecule has 0 radical (unpaired) electrons. The third kappa shape index (κ3) is 10.9. The molecule has 0 aromatic heterocycles. The Morgan fingerprint density at radius 2 is 1.26 bits per heavy atom. The number of rotatable bonds is 14. The molecule has 0 heterocycles. The van der Waals surface area contributed by atoms with Gasteiger partial charge >= 0.3 is 11.9 Å². The van der Waals surface area contributed by atoms with E-state index < -0.39 is 79.2 Å². The standard InChI is InChI=1S/C17H29N5O9/c1-7(2)3-11(17(30)31)22-16(29)10(5-13(25)26)21-15(28)9(4-12(19)24)20-14(27)8(18)6-23/h7-11,23H,3-6,18H2,1-2H3,(H2,19,24)(H,20,27)(H,21,28)(H,22,29)(H,25,26)(H,30,31). The molecular weight excluding hydrogens is 418 g/mol. The van der Waals surface area contributed by atoms with Crippen molar-refractivity contribution in [3.05, 3.63) is 0 Å². The minimum atomic E-state index is -1.71. The van der Waals surface area contributed by atoms with Gasteiger partial charge in [0.1, 0.15) is 24.2 Å². The summed E-state index contributed by atoms with van der Waals surface area (Å²) in [5.41, 5.74) is 10.4. The minimum Gasteiger partial charge on any atom is -0.481 e. The zero-order valence-corrected chi connectivity index (χ0v) is 17.2. The lowest BCUT2D eigenvalue weighted by molar-refractivity contribution is -0.144. The molecule has 0 rings (SSSR count). The number of carbonyl (C=O) groups excluding carboxylic acids is 4. The van der Waals surface area contributed by atoms with Crippen LogP contribution >= 0.6 is 0 Å². The third-order valence-electron chi connectivity index (χ3n) is 3.91. The molecule has 4 atom stereocenters. The van der Waals surface area contributed by atoms with Crippen LogP contribution in [0.5, 0.6) is 0 Å². The maximum absolute atomic E-state index is 12.5. The zero-order chi connectivity index (χ0) is 24.3. The topological polar surface area (TPSA) is 251 Å². The van der Waals surface area contributed by atoms with Crippen LogP contribution in [0, 0.1) is 5.92 Å². The highest BCUT2D eigenvalue weighted by atomic mass is 16.4. The van der Waals surface area contributed by atoms with E-state index >= 15 is 0 Å². The molecule has 0 bridgehead atoms. The second-order valence-corrected chi connectivity index (χ2v) is 7.21. The highest BCUT2D eigenvalue weighted by molar-refractivity contribution is 5.97. The van der Waals surface area contributed by atoms with Gasteiger partial charge in [-0.15, -0.1) is 0 Å². The van der Waals surface area contributed by atoms with Gasteiger partial charge in [-0.1, -0.05) is 13.8 Å². The van der Waals surface area contributed by atoms with Crippen molar-refractivity contribution in [2.75, 3.05) is 6.61 Å². The number of hydrogen-bond donors (Lipinski definition) is 8. The summed E-state index contributed by atoms with van der Waals surface area (Å²) in [6.45, 7) is 2.67. The van der Waals surface area contributed by atoms with Gasteiger partial charge in [-0.3, -0.25) is 24.0 Å². The summed E-state index contributed by atoms with van der Waals surface area (Å²) in [7, 11) is 0. The molecule has 14 nitrogen and oxygen atoms in total. The van der Waals surface area contributed by atoms with Crippen LogP contribution in [0.1, 0.15) is 33.1 Å². The Labute approximate surface area is 177 Å². The Hall–Kier alpha value is -3.26. The molecule has 0 aliphatic heterocycles. The van der Waals surface area contributed by atoms with Gasteiger partial charge in [-0.2, -0.15) is 0 Å². The molecule has 0 spiro atoms. The Kier molecular flexibility index (Phi) is 11.7. The number of aliphatic hydroxyl groups excluding tert-OH is 1. The van der Waals surface area contributed by atoms with Gasteiger partial charge in [-0.25, -0.2) is 4.79 Å². The van der Waals surface area contributed by atoms with Crippen LogP contribution in [0.3, 0.4) is 0 Å². The second kappa shape index (κ2) is 13.1. The molecule has 0 fully saturated rings. The number of carboxylic acids is 2. The Morgan fingerprint density at radius 1 is 0.806 bits per heavy atom. The number of amides is 4. The lowest BCUT2D eigenvalue weighted by atomic mass is 10.0. The number of nitrogens with two attached hydrogens (primary N) is 2. The van der Waals surface area contributed by atoms with Gasteiger partial charge in [0.15, 0.2) is 0 Å². The second-order valence-electron chi connectivity index (χ2n) is 7.21. The fraction of sp³-hybridized carbons (Fsp3) is 0.647. The molecule has 0 aliphatic rings. The molecule has 0 aromatic rings. The van der Waals surface area contributed by atoms with Gasteiger partial charge < -0.3 is 42.7 Å². The van der Waals surface area contributed by atoms with Crippen LogP contribution in [0.4, 0.5) is 0 Å². The van der Waals surface area contributed by atoms with Crippen molar-refractivity contribution in [2.45, 2.75) is 57.3 Å². The summed E-state index contributed by atoms with van der Waals surface area (Å²) in [6.07, 6.45) is -1.56. The van der Waals surface area contributed by atoms with Gasteiger partial charge in [0.2, 0.25) is 23.6 Å². The average Bonchev–Trinajstić information content (AvgIpc) is 2.64. The van der Waals surface area contributed by atoms with Crippen LogP contribution < -0.4 is 27.4 Å². The number of hydrogen-bond acceptors (Lipinski definition) is 8. The minimum absolute atomic E-state index is 0.0498. The Morgan fingerprint density at radius 3 is 1.65 bits per heavy atom. The zero-order valence-electron chi connectivity index (χ0n) is 17.2. The SMILES string of the molecule is CC(C)CC(NC(=O)C(CC(=O)O)NC(=O)C(CC(N)=O)NC(=O)C(N)CO)C(=O)O. The first-order valence-corrected chi connectivity index (χ1v) is 9.28. The summed E-state index contributed by atoms with van der Waals surface area (Å²) >= 11 is 0. The molecule has 0 saturated heterocycles. The fourth-order valence-corrected chi connectivity index (χ4v) is 2.39. The highest BCUT2D eigenvalue weighted by Gasteiger charge is 2.32. The first-order valence-electron chi connectivity index (χ1n) is 9.28. The maximum Gasteiger partial charge on any atom is 0.326 e. The number of aliphatic hydroxyl groups is 1. The molecular formula is C17H29N5O9. The van der Waals surface area contributed by atoms with E-state index in [4.69, 9.17) is 21.7 Å². The third-order valence-corrected chi connectivity index (χ3v) is 3.91. The predicted molar refractivity (Wildman–Crippen MR) is 104 cm³/mol. The summed E-state index contributed by atoms with van der Waals surface area (Å²) in [5, 5.41) is 33.5. The molecule has 176 valence electrons. The number of carbonyl (C=O) groups is 6. The molecule has 0 aliphatic carbocycles. The lowest BCUT2D eigenvalue weighted by Crippen LogP contribution is -2.58. The van der Waals surface area contributed by atoms with E-state index in [0.717, 1.165) is 0 Å². The average molecular weight is 447 g/mol. The number of aliphatic carboxylic acids is 2. The van der Waals surface area contributed by atoms with Crippen LogP contribution in [-0.4, -0.2) is 81.7 Å². The predicted octanol–water partition coefficient (Wildman–Crippen LogP) is -3.76. The molecule has 31 heavy (non-hydrogen) atoms. The van der Waals surface area contributed by atoms with E-state index in [9.17, 15) is 33.9 Å². The normalized spacial score (nSPS) is 14.6. The Bertz CT molecular complexity index is 697. The van der Waals surface area contributed by atoms with Gasteiger partial charge in [0, 0.05) is 0 Å². The number of nitrogens with one attached hydrogen (secondary N) is 3. The molecule has 0 aromatic carbocycles. The van der Waals surface area contributed by atoms with Crippen LogP contribution in [0.15, 0.2) is 0 Å². The fourth-order valence-electron chi connectivity index (χ4n) is 2.39.